The molecule has 0 amide bonds. The summed E-state index contributed by atoms with van der Waals surface area (Å²) >= 11 is 1.31. The quantitative estimate of drug-likeness (QED) is 0.466. The van der Waals surface area contributed by atoms with E-state index in [2.05, 4.69) is 11.1 Å². The molecular formula is C15H17N3O2S. The van der Waals surface area contributed by atoms with Crippen LogP contribution in [0.25, 0.3) is 10.9 Å². The summed E-state index contributed by atoms with van der Waals surface area (Å²) in [5.41, 5.74) is 0.600. The van der Waals surface area contributed by atoms with Crippen molar-refractivity contribution in [3.05, 3.63) is 34.6 Å². The van der Waals surface area contributed by atoms with Crippen molar-refractivity contribution < 1.29 is 4.74 Å². The van der Waals surface area contributed by atoms with Crippen molar-refractivity contribution in [2.45, 2.75) is 30.3 Å². The lowest BCUT2D eigenvalue weighted by atomic mass is 10.2. The fraction of sp³-hybridized carbons (Fsp3) is 0.400. The van der Waals surface area contributed by atoms with Crippen molar-refractivity contribution in [1.82, 2.24) is 9.55 Å². The number of methoxy groups -OCH3 is 1. The summed E-state index contributed by atoms with van der Waals surface area (Å²) in [6, 6.07) is 9.43. The number of fused-ring (bicyclic) bond motifs is 1. The minimum atomic E-state index is -0.258. The maximum atomic E-state index is 12.6. The van der Waals surface area contributed by atoms with Gasteiger partial charge in [0.05, 0.1) is 22.2 Å². The van der Waals surface area contributed by atoms with Gasteiger partial charge in [0.2, 0.25) is 0 Å². The number of hydrogen-bond acceptors (Lipinski definition) is 5. The molecule has 0 saturated heterocycles. The lowest BCUT2D eigenvalue weighted by molar-refractivity contribution is 0.189. The smallest absolute Gasteiger partial charge is 0.262 e. The molecule has 0 bridgehead atoms. The number of ether oxygens (including phenoxy) is 1. The van der Waals surface area contributed by atoms with Crippen LogP contribution in [0.1, 0.15) is 13.3 Å². The van der Waals surface area contributed by atoms with E-state index < -0.39 is 0 Å². The third-order valence-corrected chi connectivity index (χ3v) is 4.00. The van der Waals surface area contributed by atoms with Crippen LogP contribution < -0.4 is 5.56 Å². The van der Waals surface area contributed by atoms with Gasteiger partial charge in [0.15, 0.2) is 5.16 Å². The summed E-state index contributed by atoms with van der Waals surface area (Å²) in [6.45, 7) is 2.91. The van der Waals surface area contributed by atoms with E-state index in [-0.39, 0.29) is 10.8 Å². The average molecular weight is 303 g/mol. The fourth-order valence-corrected chi connectivity index (χ4v) is 2.81. The van der Waals surface area contributed by atoms with E-state index in [9.17, 15) is 4.79 Å². The third kappa shape index (κ3) is 3.63. The molecular weight excluding hydrogens is 286 g/mol. The standard InChI is InChI=1S/C15H17N3O2S/c1-11(10-16)21-15-17-13-7-4-3-6-12(13)14(19)18(15)8-5-9-20-2/h3-4,6-7,11H,5,8-9H2,1-2H3/t11-/m1/s1. The van der Waals surface area contributed by atoms with E-state index in [0.29, 0.717) is 29.2 Å². The Morgan fingerprint density at radius 2 is 2.24 bits per heavy atom. The van der Waals surface area contributed by atoms with Gasteiger partial charge >= 0.3 is 0 Å². The monoisotopic (exact) mass is 303 g/mol. The Bertz CT molecular complexity index is 721. The zero-order chi connectivity index (χ0) is 15.2. The van der Waals surface area contributed by atoms with Gasteiger partial charge in [-0.2, -0.15) is 5.26 Å². The first-order valence-corrected chi connectivity index (χ1v) is 7.60. The Labute approximate surface area is 127 Å². The van der Waals surface area contributed by atoms with E-state index in [1.807, 2.05) is 18.2 Å². The molecule has 6 heteroatoms. The van der Waals surface area contributed by atoms with Crippen LogP contribution in [-0.2, 0) is 11.3 Å². The summed E-state index contributed by atoms with van der Waals surface area (Å²) in [5, 5.41) is 9.91. The molecule has 2 aromatic rings. The highest BCUT2D eigenvalue weighted by atomic mass is 32.2. The fourth-order valence-electron chi connectivity index (χ4n) is 1.99. The lowest BCUT2D eigenvalue weighted by Crippen LogP contribution is -2.24. The van der Waals surface area contributed by atoms with Gasteiger partial charge in [0, 0.05) is 20.3 Å². The Kier molecular flexibility index (Phi) is 5.37. The molecule has 1 aromatic carbocycles. The molecule has 1 heterocycles. The number of nitrogens with zero attached hydrogens (tertiary/aromatic N) is 3. The molecule has 0 unspecified atom stereocenters. The van der Waals surface area contributed by atoms with Gasteiger partial charge in [0.1, 0.15) is 0 Å². The van der Waals surface area contributed by atoms with Gasteiger partial charge in [-0.05, 0) is 25.5 Å². The molecule has 1 atom stereocenters. The summed E-state index contributed by atoms with van der Waals surface area (Å²) in [4.78, 5) is 17.1. The van der Waals surface area contributed by atoms with Crippen LogP contribution in [0.2, 0.25) is 0 Å². The van der Waals surface area contributed by atoms with Gasteiger partial charge in [-0.15, -0.1) is 0 Å². The molecule has 0 N–H and O–H groups in total. The number of aromatic nitrogens is 2. The second-order valence-corrected chi connectivity index (χ2v) is 5.91. The molecule has 0 aliphatic rings. The average Bonchev–Trinajstić information content (AvgIpc) is 2.50. The summed E-state index contributed by atoms with van der Waals surface area (Å²) in [5.74, 6) is 0. The molecule has 0 saturated carbocycles. The zero-order valence-electron chi connectivity index (χ0n) is 12.1. The molecule has 0 spiro atoms. The van der Waals surface area contributed by atoms with E-state index in [1.165, 1.54) is 11.8 Å². The van der Waals surface area contributed by atoms with Gasteiger partial charge < -0.3 is 4.74 Å². The Hall–Kier alpha value is -1.84. The van der Waals surface area contributed by atoms with Crippen LogP contribution in [0.15, 0.2) is 34.2 Å². The highest BCUT2D eigenvalue weighted by Crippen LogP contribution is 2.22. The molecule has 5 nitrogen and oxygen atoms in total. The molecule has 0 fully saturated rings. The molecule has 0 aliphatic carbocycles. The van der Waals surface area contributed by atoms with Crippen LogP contribution in [0.4, 0.5) is 0 Å². The second kappa shape index (κ2) is 7.25. The van der Waals surface area contributed by atoms with Crippen molar-refractivity contribution in [1.29, 1.82) is 5.26 Å². The third-order valence-electron chi connectivity index (χ3n) is 3.02. The zero-order valence-corrected chi connectivity index (χ0v) is 12.9. The Morgan fingerprint density at radius 1 is 1.48 bits per heavy atom. The number of benzene rings is 1. The van der Waals surface area contributed by atoms with Crippen molar-refractivity contribution in [3.8, 4) is 6.07 Å². The van der Waals surface area contributed by atoms with E-state index in [0.717, 1.165) is 6.42 Å². The van der Waals surface area contributed by atoms with Crippen LogP contribution in [0.3, 0.4) is 0 Å². The number of para-hydroxylation sites is 1. The largest absolute Gasteiger partial charge is 0.385 e. The first-order valence-electron chi connectivity index (χ1n) is 6.72. The first kappa shape index (κ1) is 15.5. The molecule has 21 heavy (non-hydrogen) atoms. The number of nitriles is 1. The predicted octanol–water partition coefficient (Wildman–Crippen LogP) is 2.44. The molecule has 0 aliphatic heterocycles. The maximum absolute atomic E-state index is 12.6. The number of rotatable bonds is 6. The molecule has 2 rings (SSSR count). The van der Waals surface area contributed by atoms with Gasteiger partial charge in [0.25, 0.3) is 5.56 Å². The summed E-state index contributed by atoms with van der Waals surface area (Å²) < 4.78 is 6.68. The molecule has 0 radical (unpaired) electrons. The highest BCUT2D eigenvalue weighted by molar-refractivity contribution is 8.00. The predicted molar refractivity (Wildman–Crippen MR) is 83.4 cm³/mol. The summed E-state index contributed by atoms with van der Waals surface area (Å²) in [6.07, 6.45) is 0.727. The highest BCUT2D eigenvalue weighted by Gasteiger charge is 2.13. The Morgan fingerprint density at radius 3 is 2.95 bits per heavy atom. The van der Waals surface area contributed by atoms with E-state index in [4.69, 9.17) is 10.00 Å². The van der Waals surface area contributed by atoms with Crippen molar-refractivity contribution >= 4 is 22.7 Å². The first-order chi connectivity index (χ1) is 10.2. The second-order valence-electron chi connectivity index (χ2n) is 4.60. The van der Waals surface area contributed by atoms with Crippen LogP contribution in [0.5, 0.6) is 0 Å². The van der Waals surface area contributed by atoms with Crippen molar-refractivity contribution in [2.24, 2.45) is 0 Å². The topological polar surface area (TPSA) is 67.9 Å². The van der Waals surface area contributed by atoms with Crippen LogP contribution in [-0.4, -0.2) is 28.5 Å². The lowest BCUT2D eigenvalue weighted by Gasteiger charge is -2.13. The SMILES string of the molecule is COCCCn1c(S[C@H](C)C#N)nc2ccccc2c1=O. The van der Waals surface area contributed by atoms with E-state index in [1.54, 1.807) is 24.7 Å². The van der Waals surface area contributed by atoms with Crippen LogP contribution in [0, 0.1) is 11.3 Å². The van der Waals surface area contributed by atoms with Crippen LogP contribution >= 0.6 is 11.8 Å². The summed E-state index contributed by atoms with van der Waals surface area (Å²) in [7, 11) is 1.63. The van der Waals surface area contributed by atoms with E-state index >= 15 is 0 Å². The maximum Gasteiger partial charge on any atom is 0.262 e. The normalized spacial score (nSPS) is 12.2. The van der Waals surface area contributed by atoms with Gasteiger partial charge in [-0.1, -0.05) is 23.9 Å². The number of thioether (sulfide) groups is 1. The number of hydrogen-bond donors (Lipinski definition) is 0. The van der Waals surface area contributed by atoms with Gasteiger partial charge in [-0.3, -0.25) is 9.36 Å². The minimum absolute atomic E-state index is 0.0654. The van der Waals surface area contributed by atoms with Crippen molar-refractivity contribution in [3.63, 3.8) is 0 Å². The minimum Gasteiger partial charge on any atom is -0.385 e. The Balaban J connectivity index is 2.49. The molecule has 110 valence electrons. The molecule has 1 aromatic heterocycles. The van der Waals surface area contributed by atoms with Crippen molar-refractivity contribution in [2.75, 3.05) is 13.7 Å². The van der Waals surface area contributed by atoms with Gasteiger partial charge in [-0.25, -0.2) is 4.98 Å².